The molecule has 0 saturated carbocycles. The first-order valence-electron chi connectivity index (χ1n) is 6.79. The maximum Gasteiger partial charge on any atom is 0.234 e. The van der Waals surface area contributed by atoms with Crippen LogP contribution in [0, 0.1) is 5.41 Å². The number of carbonyl (C=O) groups is 2. The summed E-state index contributed by atoms with van der Waals surface area (Å²) in [4.78, 5) is 25.7. The van der Waals surface area contributed by atoms with Crippen LogP contribution in [0.1, 0.15) is 24.8 Å². The second-order valence-corrected chi connectivity index (χ2v) is 5.63. The summed E-state index contributed by atoms with van der Waals surface area (Å²) in [6, 6.07) is 10.3. The highest BCUT2D eigenvalue weighted by atomic mass is 16.2. The number of piperidine rings is 1. The molecule has 0 aliphatic carbocycles. The van der Waals surface area contributed by atoms with Gasteiger partial charge in [0.25, 0.3) is 0 Å². The van der Waals surface area contributed by atoms with E-state index < -0.39 is 5.41 Å². The number of nitrogens with one attached hydrogen (secondary N) is 1. The van der Waals surface area contributed by atoms with Crippen molar-refractivity contribution in [1.29, 1.82) is 0 Å². The fraction of sp³-hybridized carbons (Fsp3) is 0.467. The molecule has 3 rings (SSSR count). The SMILES string of the molecule is O=C1C[C@]2(CCCN(Cc3ccccc3)C2)C(=O)N1. The normalized spacial score (nSPS) is 27.8. The zero-order valence-corrected chi connectivity index (χ0v) is 10.9. The quantitative estimate of drug-likeness (QED) is 0.814. The number of nitrogens with zero attached hydrogens (tertiary/aromatic N) is 1. The maximum absolute atomic E-state index is 12.0. The molecule has 2 aliphatic heterocycles. The summed E-state index contributed by atoms with van der Waals surface area (Å²) in [6.07, 6.45) is 2.17. The summed E-state index contributed by atoms with van der Waals surface area (Å²) in [5.41, 5.74) is 0.786. The maximum atomic E-state index is 12.0. The molecule has 2 heterocycles. The van der Waals surface area contributed by atoms with E-state index in [-0.39, 0.29) is 11.8 Å². The predicted molar refractivity (Wildman–Crippen MR) is 71.2 cm³/mol. The van der Waals surface area contributed by atoms with E-state index in [9.17, 15) is 9.59 Å². The topological polar surface area (TPSA) is 49.4 Å². The first-order chi connectivity index (χ1) is 9.18. The van der Waals surface area contributed by atoms with Crippen LogP contribution >= 0.6 is 0 Å². The van der Waals surface area contributed by atoms with Gasteiger partial charge in [0.15, 0.2) is 0 Å². The van der Waals surface area contributed by atoms with Gasteiger partial charge in [-0.25, -0.2) is 0 Å². The standard InChI is InChI=1S/C15H18N2O2/c18-13-9-15(14(19)16-13)7-4-8-17(11-15)10-12-5-2-1-3-6-12/h1-3,5-6H,4,7-11H2,(H,16,18,19)/t15-/m0/s1. The van der Waals surface area contributed by atoms with Crippen LogP contribution in [-0.2, 0) is 16.1 Å². The van der Waals surface area contributed by atoms with Crippen molar-refractivity contribution in [3.05, 3.63) is 35.9 Å². The van der Waals surface area contributed by atoms with Crippen LogP contribution in [0.4, 0.5) is 0 Å². The largest absolute Gasteiger partial charge is 0.298 e. The lowest BCUT2D eigenvalue weighted by Gasteiger charge is -2.37. The molecular formula is C15H18N2O2. The van der Waals surface area contributed by atoms with E-state index in [2.05, 4.69) is 22.3 Å². The number of carbonyl (C=O) groups excluding carboxylic acids is 2. The van der Waals surface area contributed by atoms with E-state index in [4.69, 9.17) is 0 Å². The van der Waals surface area contributed by atoms with Crippen LogP contribution in [0.3, 0.4) is 0 Å². The summed E-state index contributed by atoms with van der Waals surface area (Å²) < 4.78 is 0. The zero-order valence-electron chi connectivity index (χ0n) is 10.9. The first-order valence-corrected chi connectivity index (χ1v) is 6.79. The van der Waals surface area contributed by atoms with Gasteiger partial charge in [-0.05, 0) is 24.9 Å². The van der Waals surface area contributed by atoms with E-state index >= 15 is 0 Å². The smallest absolute Gasteiger partial charge is 0.234 e. The van der Waals surface area contributed by atoms with E-state index in [1.54, 1.807) is 0 Å². The molecule has 19 heavy (non-hydrogen) atoms. The molecule has 1 aromatic carbocycles. The molecule has 2 saturated heterocycles. The number of hydrogen-bond acceptors (Lipinski definition) is 3. The van der Waals surface area contributed by atoms with Crippen molar-refractivity contribution < 1.29 is 9.59 Å². The molecule has 0 radical (unpaired) electrons. The molecule has 2 fully saturated rings. The predicted octanol–water partition coefficient (Wildman–Crippen LogP) is 1.32. The second kappa shape index (κ2) is 4.78. The molecular weight excluding hydrogens is 240 g/mol. The third-order valence-electron chi connectivity index (χ3n) is 4.14. The average Bonchev–Trinajstić information content (AvgIpc) is 2.65. The fourth-order valence-corrected chi connectivity index (χ4v) is 3.22. The lowest BCUT2D eigenvalue weighted by Crippen LogP contribution is -2.46. The monoisotopic (exact) mass is 258 g/mol. The van der Waals surface area contributed by atoms with Crippen molar-refractivity contribution >= 4 is 11.8 Å². The first kappa shape index (κ1) is 12.4. The molecule has 2 aliphatic rings. The lowest BCUT2D eigenvalue weighted by atomic mass is 9.78. The Balaban J connectivity index is 1.72. The van der Waals surface area contributed by atoms with Crippen molar-refractivity contribution in [3.63, 3.8) is 0 Å². The van der Waals surface area contributed by atoms with Gasteiger partial charge in [0.05, 0.1) is 5.41 Å². The minimum Gasteiger partial charge on any atom is -0.298 e. The van der Waals surface area contributed by atoms with Crippen molar-refractivity contribution in [2.45, 2.75) is 25.8 Å². The molecule has 4 nitrogen and oxygen atoms in total. The molecule has 1 atom stereocenters. The Morgan fingerprint density at radius 2 is 2.00 bits per heavy atom. The number of hydrogen-bond donors (Lipinski definition) is 1. The lowest BCUT2D eigenvalue weighted by molar-refractivity contribution is -0.131. The summed E-state index contributed by atoms with van der Waals surface area (Å²) in [6.45, 7) is 2.54. The molecule has 2 amide bonds. The van der Waals surface area contributed by atoms with E-state index in [1.807, 2.05) is 18.2 Å². The van der Waals surface area contributed by atoms with Gasteiger partial charge in [0.1, 0.15) is 0 Å². The third-order valence-corrected chi connectivity index (χ3v) is 4.14. The van der Waals surface area contributed by atoms with E-state index in [1.165, 1.54) is 5.56 Å². The average molecular weight is 258 g/mol. The molecule has 100 valence electrons. The zero-order chi connectivity index (χ0) is 13.3. The van der Waals surface area contributed by atoms with Gasteiger partial charge >= 0.3 is 0 Å². The minimum atomic E-state index is -0.468. The molecule has 4 heteroatoms. The van der Waals surface area contributed by atoms with Gasteiger partial charge in [-0.2, -0.15) is 0 Å². The van der Waals surface area contributed by atoms with Crippen molar-refractivity contribution in [3.8, 4) is 0 Å². The van der Waals surface area contributed by atoms with Crippen molar-refractivity contribution in [2.24, 2.45) is 5.41 Å². The Bertz CT molecular complexity index is 500. The Kier molecular flexibility index (Phi) is 3.11. The molecule has 0 bridgehead atoms. The molecule has 1 N–H and O–H groups in total. The van der Waals surface area contributed by atoms with Crippen LogP contribution < -0.4 is 5.32 Å². The number of imide groups is 1. The number of benzene rings is 1. The van der Waals surface area contributed by atoms with Crippen LogP contribution in [0.5, 0.6) is 0 Å². The highest BCUT2D eigenvalue weighted by Gasteiger charge is 2.48. The number of likely N-dealkylation sites (tertiary alicyclic amines) is 1. The van der Waals surface area contributed by atoms with Gasteiger partial charge < -0.3 is 0 Å². The summed E-state index contributed by atoms with van der Waals surface area (Å²) in [5.74, 6) is -0.193. The summed E-state index contributed by atoms with van der Waals surface area (Å²) in [7, 11) is 0. The molecule has 0 unspecified atom stereocenters. The van der Waals surface area contributed by atoms with Gasteiger partial charge in [0, 0.05) is 19.5 Å². The van der Waals surface area contributed by atoms with Crippen LogP contribution in [0.2, 0.25) is 0 Å². The summed E-state index contributed by atoms with van der Waals surface area (Å²) in [5, 5.41) is 2.46. The highest BCUT2D eigenvalue weighted by molar-refractivity contribution is 6.06. The summed E-state index contributed by atoms with van der Waals surface area (Å²) >= 11 is 0. The Morgan fingerprint density at radius 1 is 1.21 bits per heavy atom. The van der Waals surface area contributed by atoms with E-state index in [0.717, 1.165) is 25.9 Å². The third kappa shape index (κ3) is 2.40. The Morgan fingerprint density at radius 3 is 2.68 bits per heavy atom. The van der Waals surface area contributed by atoms with Crippen molar-refractivity contribution in [2.75, 3.05) is 13.1 Å². The van der Waals surface area contributed by atoms with E-state index in [0.29, 0.717) is 13.0 Å². The molecule has 1 spiro atoms. The van der Waals surface area contributed by atoms with Crippen LogP contribution in [0.25, 0.3) is 0 Å². The van der Waals surface area contributed by atoms with Gasteiger partial charge in [0.2, 0.25) is 11.8 Å². The fourth-order valence-electron chi connectivity index (χ4n) is 3.22. The second-order valence-electron chi connectivity index (χ2n) is 5.63. The number of rotatable bonds is 2. The van der Waals surface area contributed by atoms with Gasteiger partial charge in [-0.15, -0.1) is 0 Å². The van der Waals surface area contributed by atoms with Gasteiger partial charge in [-0.1, -0.05) is 30.3 Å². The van der Waals surface area contributed by atoms with Gasteiger partial charge in [-0.3, -0.25) is 19.8 Å². The highest BCUT2D eigenvalue weighted by Crippen LogP contribution is 2.37. The Labute approximate surface area is 112 Å². The van der Waals surface area contributed by atoms with Crippen LogP contribution in [0.15, 0.2) is 30.3 Å². The van der Waals surface area contributed by atoms with Crippen molar-refractivity contribution in [1.82, 2.24) is 10.2 Å². The number of amides is 2. The Hall–Kier alpha value is -1.68. The van der Waals surface area contributed by atoms with Crippen LogP contribution in [-0.4, -0.2) is 29.8 Å². The molecule has 0 aromatic heterocycles. The minimum absolute atomic E-state index is 0.0738. The molecule has 1 aromatic rings.